The molecule has 17 heavy (non-hydrogen) atoms. The molecule has 5 heteroatoms. The van der Waals surface area contributed by atoms with Crippen LogP contribution >= 0.6 is 11.6 Å². The Morgan fingerprint density at radius 2 is 2.18 bits per heavy atom. The molecule has 1 aromatic carbocycles. The highest BCUT2D eigenvalue weighted by atomic mass is 35.5. The van der Waals surface area contributed by atoms with Crippen molar-refractivity contribution in [2.45, 2.75) is 20.0 Å². The minimum absolute atomic E-state index is 0.120. The van der Waals surface area contributed by atoms with E-state index >= 15 is 0 Å². The van der Waals surface area contributed by atoms with Crippen LogP contribution in [-0.4, -0.2) is 16.6 Å². The topological polar surface area (TPSA) is 46.9 Å². The van der Waals surface area contributed by atoms with Crippen LogP contribution in [0.15, 0.2) is 23.0 Å². The predicted molar refractivity (Wildman–Crippen MR) is 69.5 cm³/mol. The number of nitrogens with zero attached hydrogens (tertiary/aromatic N) is 2. The predicted octanol–water partition coefficient (Wildman–Crippen LogP) is 2.10. The summed E-state index contributed by atoms with van der Waals surface area (Å²) in [6.07, 6.45) is -0.188. The third kappa shape index (κ3) is 2.06. The van der Waals surface area contributed by atoms with E-state index in [2.05, 4.69) is 10.3 Å². The first-order valence-electron chi connectivity index (χ1n) is 5.40. The Kier molecular flexibility index (Phi) is 3.17. The lowest BCUT2D eigenvalue weighted by molar-refractivity contribution is 0.461. The van der Waals surface area contributed by atoms with Crippen LogP contribution in [0.5, 0.6) is 0 Å². The van der Waals surface area contributed by atoms with Crippen molar-refractivity contribution >= 4 is 22.5 Å². The second-order valence-corrected chi connectivity index (χ2v) is 4.38. The Morgan fingerprint density at radius 3 is 2.82 bits per heavy atom. The highest BCUT2D eigenvalue weighted by molar-refractivity contribution is 6.28. The minimum Gasteiger partial charge on any atom is -0.300 e. The molecule has 0 saturated heterocycles. The molecule has 0 amide bonds. The zero-order valence-electron chi connectivity index (χ0n) is 9.99. The molecule has 1 aromatic heterocycles. The molecule has 2 aromatic rings. The first kappa shape index (κ1) is 12.1. The molecule has 2 rings (SSSR count). The normalized spacial score (nSPS) is 12.9. The molecule has 1 heterocycles. The zero-order valence-corrected chi connectivity index (χ0v) is 10.7. The van der Waals surface area contributed by atoms with Crippen molar-refractivity contribution in [2.75, 3.05) is 7.05 Å². The summed E-state index contributed by atoms with van der Waals surface area (Å²) in [6.45, 7) is 3.80. The maximum absolute atomic E-state index is 12.3. The standard InChI is InChI=1S/C12H14ClN3O/c1-7-4-5-10-9(6-7)11(17)16(8(2)14-3)12(13)15-10/h4-6,8,14H,1-3H3. The Labute approximate surface area is 104 Å². The van der Waals surface area contributed by atoms with Crippen molar-refractivity contribution in [2.24, 2.45) is 0 Å². The van der Waals surface area contributed by atoms with E-state index in [9.17, 15) is 4.79 Å². The number of hydrogen-bond donors (Lipinski definition) is 1. The number of benzene rings is 1. The summed E-state index contributed by atoms with van der Waals surface area (Å²) in [5.41, 5.74) is 1.54. The van der Waals surface area contributed by atoms with E-state index in [4.69, 9.17) is 11.6 Å². The molecule has 1 unspecified atom stereocenters. The fourth-order valence-corrected chi connectivity index (χ4v) is 2.06. The molecule has 0 saturated carbocycles. The molecule has 0 fully saturated rings. The van der Waals surface area contributed by atoms with E-state index in [1.165, 1.54) is 4.57 Å². The van der Waals surface area contributed by atoms with Crippen molar-refractivity contribution in [1.29, 1.82) is 0 Å². The second-order valence-electron chi connectivity index (χ2n) is 4.04. The number of hydrogen-bond acceptors (Lipinski definition) is 3. The first-order chi connectivity index (χ1) is 8.04. The molecule has 1 N–H and O–H groups in total. The number of halogens is 1. The summed E-state index contributed by atoms with van der Waals surface area (Å²) in [5, 5.41) is 3.78. The SMILES string of the molecule is CNC(C)n1c(Cl)nc2ccc(C)cc2c1=O. The van der Waals surface area contributed by atoms with Crippen LogP contribution in [0, 0.1) is 6.92 Å². The average Bonchev–Trinajstić information content (AvgIpc) is 2.30. The van der Waals surface area contributed by atoms with Gasteiger partial charge in [-0.05, 0) is 44.6 Å². The molecular formula is C12H14ClN3O. The van der Waals surface area contributed by atoms with Crippen LogP contribution in [-0.2, 0) is 0 Å². The maximum atomic E-state index is 12.3. The van der Waals surface area contributed by atoms with Gasteiger partial charge in [-0.25, -0.2) is 4.98 Å². The zero-order chi connectivity index (χ0) is 12.6. The van der Waals surface area contributed by atoms with Gasteiger partial charge in [-0.1, -0.05) is 11.6 Å². The molecule has 0 bridgehead atoms. The molecule has 0 aliphatic heterocycles. The van der Waals surface area contributed by atoms with Crippen LogP contribution in [0.1, 0.15) is 18.7 Å². The summed E-state index contributed by atoms with van der Waals surface area (Å²) >= 11 is 6.03. The van der Waals surface area contributed by atoms with Gasteiger partial charge in [0, 0.05) is 0 Å². The minimum atomic E-state index is -0.188. The van der Waals surface area contributed by atoms with E-state index in [1.807, 2.05) is 32.0 Å². The fraction of sp³-hybridized carbons (Fsp3) is 0.333. The lowest BCUT2D eigenvalue weighted by atomic mass is 10.2. The van der Waals surface area contributed by atoms with Gasteiger partial charge < -0.3 is 5.32 Å². The molecule has 90 valence electrons. The van der Waals surface area contributed by atoms with E-state index in [-0.39, 0.29) is 17.0 Å². The van der Waals surface area contributed by atoms with Crippen molar-refractivity contribution in [3.8, 4) is 0 Å². The van der Waals surface area contributed by atoms with Crippen molar-refractivity contribution in [3.63, 3.8) is 0 Å². The summed E-state index contributed by atoms with van der Waals surface area (Å²) in [6, 6.07) is 5.56. The van der Waals surface area contributed by atoms with Crippen LogP contribution in [0.25, 0.3) is 10.9 Å². The van der Waals surface area contributed by atoms with E-state index in [1.54, 1.807) is 7.05 Å². The van der Waals surface area contributed by atoms with Crippen LogP contribution in [0.4, 0.5) is 0 Å². The van der Waals surface area contributed by atoms with Crippen molar-refractivity contribution < 1.29 is 0 Å². The quantitative estimate of drug-likeness (QED) is 0.832. The van der Waals surface area contributed by atoms with Crippen LogP contribution < -0.4 is 10.9 Å². The lowest BCUT2D eigenvalue weighted by Gasteiger charge is -2.16. The fourth-order valence-electron chi connectivity index (χ4n) is 1.75. The number of rotatable bonds is 2. The van der Waals surface area contributed by atoms with Crippen LogP contribution in [0.3, 0.4) is 0 Å². The summed E-state index contributed by atoms with van der Waals surface area (Å²) < 4.78 is 1.45. The highest BCUT2D eigenvalue weighted by Crippen LogP contribution is 2.15. The van der Waals surface area contributed by atoms with E-state index in [0.717, 1.165) is 5.56 Å². The molecule has 4 nitrogen and oxygen atoms in total. The van der Waals surface area contributed by atoms with Gasteiger partial charge in [-0.15, -0.1) is 0 Å². The maximum Gasteiger partial charge on any atom is 0.263 e. The molecule has 0 aliphatic rings. The Hall–Kier alpha value is -1.39. The Morgan fingerprint density at radius 1 is 1.47 bits per heavy atom. The Balaban J connectivity index is 2.83. The van der Waals surface area contributed by atoms with Crippen molar-refractivity contribution in [1.82, 2.24) is 14.9 Å². The number of nitrogens with one attached hydrogen (secondary N) is 1. The molecule has 0 radical (unpaired) electrons. The van der Waals surface area contributed by atoms with Gasteiger partial charge in [0.15, 0.2) is 0 Å². The van der Waals surface area contributed by atoms with Gasteiger partial charge in [0.05, 0.1) is 17.1 Å². The molecular weight excluding hydrogens is 238 g/mol. The molecule has 0 aliphatic carbocycles. The first-order valence-corrected chi connectivity index (χ1v) is 5.78. The summed E-state index contributed by atoms with van der Waals surface area (Å²) in [4.78, 5) is 16.5. The summed E-state index contributed by atoms with van der Waals surface area (Å²) in [7, 11) is 1.77. The molecule has 0 spiro atoms. The van der Waals surface area contributed by atoms with Crippen molar-refractivity contribution in [3.05, 3.63) is 39.4 Å². The molecule has 1 atom stereocenters. The summed E-state index contributed by atoms with van der Waals surface area (Å²) in [5.74, 6) is 0. The largest absolute Gasteiger partial charge is 0.300 e. The number of aromatic nitrogens is 2. The van der Waals surface area contributed by atoms with Gasteiger partial charge >= 0.3 is 0 Å². The van der Waals surface area contributed by atoms with Crippen LogP contribution in [0.2, 0.25) is 5.28 Å². The van der Waals surface area contributed by atoms with E-state index < -0.39 is 0 Å². The Bertz CT molecular complexity index is 621. The third-order valence-electron chi connectivity index (χ3n) is 2.82. The lowest BCUT2D eigenvalue weighted by Crippen LogP contribution is -2.31. The monoisotopic (exact) mass is 251 g/mol. The number of aryl methyl sites for hydroxylation is 1. The highest BCUT2D eigenvalue weighted by Gasteiger charge is 2.13. The second kappa shape index (κ2) is 4.47. The van der Waals surface area contributed by atoms with Gasteiger partial charge in [-0.3, -0.25) is 9.36 Å². The third-order valence-corrected chi connectivity index (χ3v) is 3.08. The van der Waals surface area contributed by atoms with Gasteiger partial charge in [0.1, 0.15) is 0 Å². The van der Waals surface area contributed by atoms with Gasteiger partial charge in [-0.2, -0.15) is 0 Å². The van der Waals surface area contributed by atoms with Gasteiger partial charge in [0.25, 0.3) is 5.56 Å². The smallest absolute Gasteiger partial charge is 0.263 e. The number of fused-ring (bicyclic) bond motifs is 1. The average molecular weight is 252 g/mol. The van der Waals surface area contributed by atoms with E-state index in [0.29, 0.717) is 10.9 Å². The van der Waals surface area contributed by atoms with Gasteiger partial charge in [0.2, 0.25) is 5.28 Å².